The van der Waals surface area contributed by atoms with Gasteiger partial charge in [0.2, 0.25) is 0 Å². The van der Waals surface area contributed by atoms with Gasteiger partial charge >= 0.3 is 0 Å². The molecule has 0 bridgehead atoms. The van der Waals surface area contributed by atoms with Crippen molar-refractivity contribution in [2.75, 3.05) is 13.9 Å². The first-order valence-corrected chi connectivity index (χ1v) is 6.08. The van der Waals surface area contributed by atoms with E-state index in [0.29, 0.717) is 0 Å². The maximum Gasteiger partial charge on any atom is 0.188 e. The molecule has 2 aromatic rings. The van der Waals surface area contributed by atoms with Gasteiger partial charge in [-0.2, -0.15) is 0 Å². The molecule has 0 unspecified atom stereocenters. The molecule has 0 saturated carbocycles. The summed E-state index contributed by atoms with van der Waals surface area (Å²) in [5, 5.41) is 0. The number of hydrogen-bond acceptors (Lipinski definition) is 2. The normalized spacial score (nSPS) is 10.2. The molecule has 0 fully saturated rings. The van der Waals surface area contributed by atoms with Crippen molar-refractivity contribution >= 4 is 15.9 Å². The van der Waals surface area contributed by atoms with Crippen LogP contribution in [-0.2, 0) is 4.74 Å². The molecule has 0 N–H and O–H groups in total. The van der Waals surface area contributed by atoms with Gasteiger partial charge in [-0.15, -0.1) is 0 Å². The van der Waals surface area contributed by atoms with E-state index in [4.69, 9.17) is 9.47 Å². The monoisotopic (exact) mass is 292 g/mol. The van der Waals surface area contributed by atoms with Crippen LogP contribution in [0.5, 0.6) is 5.75 Å². The van der Waals surface area contributed by atoms with E-state index in [1.807, 2.05) is 42.5 Å². The third-order valence-corrected chi connectivity index (χ3v) is 3.07. The van der Waals surface area contributed by atoms with E-state index in [1.54, 1.807) is 7.11 Å². The van der Waals surface area contributed by atoms with E-state index < -0.39 is 0 Å². The SMILES string of the molecule is COCOc1ccccc1-c1ccccc1Br. The number of methoxy groups -OCH3 is 1. The van der Waals surface area contributed by atoms with Gasteiger partial charge in [-0.05, 0) is 17.7 Å². The van der Waals surface area contributed by atoms with Crippen molar-refractivity contribution in [3.05, 3.63) is 53.0 Å². The Morgan fingerprint density at radius 1 is 0.941 bits per heavy atom. The van der Waals surface area contributed by atoms with Gasteiger partial charge in [-0.1, -0.05) is 52.3 Å². The number of hydrogen-bond donors (Lipinski definition) is 0. The molecule has 0 aliphatic rings. The van der Waals surface area contributed by atoms with Crippen LogP contribution in [0.3, 0.4) is 0 Å². The fourth-order valence-corrected chi connectivity index (χ4v) is 2.12. The quantitative estimate of drug-likeness (QED) is 0.790. The molecule has 88 valence electrons. The molecule has 2 nitrogen and oxygen atoms in total. The van der Waals surface area contributed by atoms with Crippen molar-refractivity contribution in [2.24, 2.45) is 0 Å². The van der Waals surface area contributed by atoms with Gasteiger partial charge in [0, 0.05) is 17.1 Å². The van der Waals surface area contributed by atoms with Crippen LogP contribution in [0.4, 0.5) is 0 Å². The van der Waals surface area contributed by atoms with Gasteiger partial charge in [0.25, 0.3) is 0 Å². The summed E-state index contributed by atoms with van der Waals surface area (Å²) in [5.41, 5.74) is 2.16. The third-order valence-electron chi connectivity index (χ3n) is 2.38. The van der Waals surface area contributed by atoms with E-state index in [-0.39, 0.29) is 6.79 Å². The molecule has 2 aromatic carbocycles. The second-order valence-corrected chi connectivity index (χ2v) is 4.38. The van der Waals surface area contributed by atoms with Gasteiger partial charge in [-0.3, -0.25) is 0 Å². The fourth-order valence-electron chi connectivity index (χ4n) is 1.62. The van der Waals surface area contributed by atoms with Crippen LogP contribution in [0.2, 0.25) is 0 Å². The lowest BCUT2D eigenvalue weighted by atomic mass is 10.1. The highest BCUT2D eigenvalue weighted by Crippen LogP contribution is 2.34. The first-order chi connectivity index (χ1) is 8.33. The van der Waals surface area contributed by atoms with Gasteiger partial charge < -0.3 is 9.47 Å². The van der Waals surface area contributed by atoms with Crippen LogP contribution in [0, 0.1) is 0 Å². The van der Waals surface area contributed by atoms with E-state index in [2.05, 4.69) is 22.0 Å². The zero-order valence-corrected chi connectivity index (χ0v) is 11.1. The van der Waals surface area contributed by atoms with Crippen LogP contribution >= 0.6 is 15.9 Å². The van der Waals surface area contributed by atoms with E-state index in [1.165, 1.54) is 0 Å². The van der Waals surface area contributed by atoms with Crippen molar-refractivity contribution in [2.45, 2.75) is 0 Å². The third kappa shape index (κ3) is 2.87. The van der Waals surface area contributed by atoms with Gasteiger partial charge in [-0.25, -0.2) is 0 Å². The first kappa shape index (κ1) is 12.1. The Hall–Kier alpha value is -1.32. The standard InChI is InChI=1S/C14H13BrO2/c1-16-10-17-14-9-5-3-7-12(14)11-6-2-4-8-13(11)15/h2-9H,10H2,1H3. The van der Waals surface area contributed by atoms with E-state index in [9.17, 15) is 0 Å². The Bertz CT molecular complexity index is 497. The largest absolute Gasteiger partial charge is 0.467 e. The minimum Gasteiger partial charge on any atom is -0.467 e. The maximum absolute atomic E-state index is 5.55. The van der Waals surface area contributed by atoms with Crippen molar-refractivity contribution in [1.29, 1.82) is 0 Å². The van der Waals surface area contributed by atoms with E-state index >= 15 is 0 Å². The Morgan fingerprint density at radius 3 is 2.29 bits per heavy atom. The Morgan fingerprint density at radius 2 is 1.59 bits per heavy atom. The lowest BCUT2D eigenvalue weighted by molar-refractivity contribution is 0.0515. The molecule has 0 spiro atoms. The maximum atomic E-state index is 5.55. The minimum atomic E-state index is 0.251. The van der Waals surface area contributed by atoms with E-state index in [0.717, 1.165) is 21.3 Å². The molecule has 0 radical (unpaired) electrons. The Balaban J connectivity index is 2.41. The molecule has 0 aliphatic carbocycles. The molecule has 0 atom stereocenters. The lowest BCUT2D eigenvalue weighted by Gasteiger charge is -2.11. The average Bonchev–Trinajstić information content (AvgIpc) is 2.37. The van der Waals surface area contributed by atoms with Crippen molar-refractivity contribution in [1.82, 2.24) is 0 Å². The van der Waals surface area contributed by atoms with Crippen LogP contribution in [0.15, 0.2) is 53.0 Å². The summed E-state index contributed by atoms with van der Waals surface area (Å²) in [7, 11) is 1.61. The van der Waals surface area contributed by atoms with Crippen molar-refractivity contribution in [3.8, 4) is 16.9 Å². The Labute approximate surface area is 109 Å². The summed E-state index contributed by atoms with van der Waals surface area (Å²) in [6.07, 6.45) is 0. The van der Waals surface area contributed by atoms with Gasteiger partial charge in [0.1, 0.15) is 5.75 Å². The topological polar surface area (TPSA) is 18.5 Å². The number of benzene rings is 2. The molecular formula is C14H13BrO2. The summed E-state index contributed by atoms with van der Waals surface area (Å²) in [6.45, 7) is 0.251. The summed E-state index contributed by atoms with van der Waals surface area (Å²) in [4.78, 5) is 0. The lowest BCUT2D eigenvalue weighted by Crippen LogP contribution is -2.00. The minimum absolute atomic E-state index is 0.251. The highest BCUT2D eigenvalue weighted by molar-refractivity contribution is 9.10. The van der Waals surface area contributed by atoms with Crippen LogP contribution in [0.1, 0.15) is 0 Å². The second kappa shape index (κ2) is 5.84. The number of para-hydroxylation sites is 1. The summed E-state index contributed by atoms with van der Waals surface area (Å²) < 4.78 is 11.5. The molecule has 0 amide bonds. The zero-order chi connectivity index (χ0) is 12.1. The predicted molar refractivity (Wildman–Crippen MR) is 72.1 cm³/mol. The van der Waals surface area contributed by atoms with Crippen LogP contribution in [0.25, 0.3) is 11.1 Å². The first-order valence-electron chi connectivity index (χ1n) is 5.28. The number of ether oxygens (including phenoxy) is 2. The average molecular weight is 293 g/mol. The fraction of sp³-hybridized carbons (Fsp3) is 0.143. The van der Waals surface area contributed by atoms with Gasteiger partial charge in [0.15, 0.2) is 6.79 Å². The molecule has 3 heteroatoms. The number of halogens is 1. The zero-order valence-electron chi connectivity index (χ0n) is 9.52. The predicted octanol–water partition coefficient (Wildman–Crippen LogP) is 4.10. The number of rotatable bonds is 4. The molecule has 0 heterocycles. The molecular weight excluding hydrogens is 280 g/mol. The second-order valence-electron chi connectivity index (χ2n) is 3.53. The molecule has 17 heavy (non-hydrogen) atoms. The summed E-state index contributed by atoms with van der Waals surface area (Å²) in [5.74, 6) is 0.821. The summed E-state index contributed by atoms with van der Waals surface area (Å²) in [6, 6.07) is 16.0. The highest BCUT2D eigenvalue weighted by atomic mass is 79.9. The summed E-state index contributed by atoms with van der Waals surface area (Å²) >= 11 is 3.55. The van der Waals surface area contributed by atoms with Crippen molar-refractivity contribution in [3.63, 3.8) is 0 Å². The molecule has 2 rings (SSSR count). The van der Waals surface area contributed by atoms with Crippen molar-refractivity contribution < 1.29 is 9.47 Å². The van der Waals surface area contributed by atoms with Gasteiger partial charge in [0.05, 0.1) is 0 Å². The Kier molecular flexibility index (Phi) is 4.18. The van der Waals surface area contributed by atoms with Crippen LogP contribution in [-0.4, -0.2) is 13.9 Å². The van der Waals surface area contributed by atoms with Crippen LogP contribution < -0.4 is 4.74 Å². The molecule has 0 saturated heterocycles. The molecule has 0 aliphatic heterocycles. The highest BCUT2D eigenvalue weighted by Gasteiger charge is 2.08. The molecule has 0 aromatic heterocycles. The smallest absolute Gasteiger partial charge is 0.188 e.